The molecule has 0 spiro atoms. The van der Waals surface area contributed by atoms with Gasteiger partial charge in [0.1, 0.15) is 17.1 Å². The summed E-state index contributed by atoms with van der Waals surface area (Å²) in [5.74, 6) is -0.638. The highest BCUT2D eigenvalue weighted by atomic mass is 19.1. The molecule has 0 unspecified atom stereocenters. The Morgan fingerprint density at radius 1 is 1.43 bits per heavy atom. The summed E-state index contributed by atoms with van der Waals surface area (Å²) in [5.41, 5.74) is 0.595. The van der Waals surface area contributed by atoms with Crippen LogP contribution in [0, 0.1) is 11.2 Å². The maximum Gasteiger partial charge on any atom is 0.345 e. The van der Waals surface area contributed by atoms with Crippen LogP contribution in [0.1, 0.15) is 31.1 Å². The first-order chi connectivity index (χ1) is 10.9. The Labute approximate surface area is 134 Å². The number of halogens is 1. The number of carbonyl (C=O) groups is 1. The van der Waals surface area contributed by atoms with Crippen molar-refractivity contribution in [1.29, 1.82) is 0 Å². The van der Waals surface area contributed by atoms with Crippen molar-refractivity contribution in [2.45, 2.75) is 27.3 Å². The minimum absolute atomic E-state index is 0.114. The van der Waals surface area contributed by atoms with Crippen molar-refractivity contribution >= 4 is 5.97 Å². The molecule has 2 aromatic rings. The lowest BCUT2D eigenvalue weighted by atomic mass is 9.94. The molecule has 0 fully saturated rings. The number of carbonyl (C=O) groups excluding carboxylic acids is 1. The highest BCUT2D eigenvalue weighted by molar-refractivity contribution is 5.99. The molecule has 5 nitrogen and oxygen atoms in total. The first-order valence-corrected chi connectivity index (χ1v) is 7.58. The van der Waals surface area contributed by atoms with Crippen molar-refractivity contribution in [2.24, 2.45) is 5.41 Å². The topological polar surface area (TPSA) is 53.3 Å². The van der Waals surface area contributed by atoms with E-state index in [4.69, 9.17) is 9.47 Å². The fourth-order valence-electron chi connectivity index (χ4n) is 2.64. The van der Waals surface area contributed by atoms with Gasteiger partial charge in [-0.05, 0) is 19.1 Å². The van der Waals surface area contributed by atoms with Crippen molar-refractivity contribution in [3.63, 3.8) is 0 Å². The highest BCUT2D eigenvalue weighted by Gasteiger charge is 2.35. The van der Waals surface area contributed by atoms with E-state index < -0.39 is 11.8 Å². The standard InChI is InChI=1S/C17H19FN2O3/c1-4-22-16(21)13-14(11-7-5-6-8-12(11)18)19-20-9-17(2,3)10-23-15(13)20/h5-8H,4,9-10H2,1-3H3. The molecule has 0 amide bonds. The molecule has 0 bridgehead atoms. The number of esters is 1. The molecule has 1 aliphatic rings. The molecular weight excluding hydrogens is 299 g/mol. The molecule has 1 aliphatic heterocycles. The zero-order valence-corrected chi connectivity index (χ0v) is 13.4. The fraction of sp³-hybridized carbons (Fsp3) is 0.412. The SMILES string of the molecule is CCOC(=O)c1c(-c2ccccc2F)nn2c1OCC(C)(C)C2. The zero-order chi connectivity index (χ0) is 16.6. The predicted molar refractivity (Wildman–Crippen MR) is 82.9 cm³/mol. The molecule has 1 aromatic heterocycles. The summed E-state index contributed by atoms with van der Waals surface area (Å²) in [6, 6.07) is 6.24. The van der Waals surface area contributed by atoms with Gasteiger partial charge in [-0.25, -0.2) is 13.9 Å². The predicted octanol–water partition coefficient (Wildman–Crippen LogP) is 3.28. The van der Waals surface area contributed by atoms with Crippen molar-refractivity contribution in [2.75, 3.05) is 13.2 Å². The van der Waals surface area contributed by atoms with Crippen LogP contribution in [0.25, 0.3) is 11.3 Å². The van der Waals surface area contributed by atoms with E-state index in [1.165, 1.54) is 6.07 Å². The number of nitrogens with zero attached hydrogens (tertiary/aromatic N) is 2. The molecule has 0 aliphatic carbocycles. The number of benzene rings is 1. The lowest BCUT2D eigenvalue weighted by Gasteiger charge is -2.30. The Hall–Kier alpha value is -2.37. The first kappa shape index (κ1) is 15.5. The van der Waals surface area contributed by atoms with Gasteiger partial charge in [0.2, 0.25) is 5.88 Å². The monoisotopic (exact) mass is 318 g/mol. The van der Waals surface area contributed by atoms with Gasteiger partial charge in [0.05, 0.1) is 19.8 Å². The number of fused-ring (bicyclic) bond motifs is 1. The molecule has 6 heteroatoms. The number of aromatic nitrogens is 2. The van der Waals surface area contributed by atoms with E-state index in [2.05, 4.69) is 5.10 Å². The first-order valence-electron chi connectivity index (χ1n) is 7.58. The third-order valence-electron chi connectivity index (χ3n) is 3.69. The van der Waals surface area contributed by atoms with Crippen LogP contribution in [0.15, 0.2) is 24.3 Å². The normalized spacial score (nSPS) is 15.7. The van der Waals surface area contributed by atoms with Gasteiger partial charge in [-0.15, -0.1) is 0 Å². The molecule has 23 heavy (non-hydrogen) atoms. The van der Waals surface area contributed by atoms with Crippen LogP contribution in [0.5, 0.6) is 5.88 Å². The van der Waals surface area contributed by atoms with Crippen molar-refractivity contribution < 1.29 is 18.7 Å². The van der Waals surface area contributed by atoms with Crippen LogP contribution in [0.3, 0.4) is 0 Å². The van der Waals surface area contributed by atoms with E-state index >= 15 is 0 Å². The Kier molecular flexibility index (Phi) is 3.83. The average molecular weight is 318 g/mol. The summed E-state index contributed by atoms with van der Waals surface area (Å²) in [6.07, 6.45) is 0. The Morgan fingerprint density at radius 2 is 2.17 bits per heavy atom. The molecule has 0 radical (unpaired) electrons. The Balaban J connectivity index is 2.17. The van der Waals surface area contributed by atoms with Crippen LogP contribution in [0.2, 0.25) is 0 Å². The molecule has 0 saturated heterocycles. The molecule has 2 heterocycles. The van der Waals surface area contributed by atoms with Crippen LogP contribution in [-0.2, 0) is 11.3 Å². The van der Waals surface area contributed by atoms with Gasteiger partial charge in [0, 0.05) is 11.0 Å². The van der Waals surface area contributed by atoms with Crippen LogP contribution in [0.4, 0.5) is 4.39 Å². The fourth-order valence-corrected chi connectivity index (χ4v) is 2.64. The minimum Gasteiger partial charge on any atom is -0.477 e. The van der Waals surface area contributed by atoms with E-state index in [-0.39, 0.29) is 28.8 Å². The van der Waals surface area contributed by atoms with Gasteiger partial charge >= 0.3 is 5.97 Å². The Morgan fingerprint density at radius 3 is 2.87 bits per heavy atom. The van der Waals surface area contributed by atoms with Gasteiger partial charge < -0.3 is 9.47 Å². The van der Waals surface area contributed by atoms with E-state index in [0.29, 0.717) is 19.0 Å². The Bertz CT molecular complexity index is 752. The van der Waals surface area contributed by atoms with E-state index in [1.54, 1.807) is 29.8 Å². The lowest BCUT2D eigenvalue weighted by Crippen LogP contribution is -2.33. The van der Waals surface area contributed by atoms with Gasteiger partial charge in [0.25, 0.3) is 0 Å². The van der Waals surface area contributed by atoms with Gasteiger partial charge in [-0.2, -0.15) is 5.10 Å². The number of hydrogen-bond donors (Lipinski definition) is 0. The smallest absolute Gasteiger partial charge is 0.345 e. The largest absolute Gasteiger partial charge is 0.477 e. The van der Waals surface area contributed by atoms with Crippen molar-refractivity contribution in [3.05, 3.63) is 35.6 Å². The van der Waals surface area contributed by atoms with E-state index in [0.717, 1.165) is 0 Å². The van der Waals surface area contributed by atoms with Crippen molar-refractivity contribution in [1.82, 2.24) is 9.78 Å². The van der Waals surface area contributed by atoms with Gasteiger partial charge in [-0.3, -0.25) is 0 Å². The summed E-state index contributed by atoms with van der Waals surface area (Å²) in [5, 5.41) is 4.43. The molecule has 0 N–H and O–H groups in total. The van der Waals surface area contributed by atoms with Crippen LogP contribution in [-0.4, -0.2) is 29.0 Å². The zero-order valence-electron chi connectivity index (χ0n) is 13.4. The summed E-state index contributed by atoms with van der Waals surface area (Å²) in [7, 11) is 0. The number of rotatable bonds is 3. The van der Waals surface area contributed by atoms with Crippen LogP contribution < -0.4 is 4.74 Å². The van der Waals surface area contributed by atoms with Crippen molar-refractivity contribution in [3.8, 4) is 17.1 Å². The van der Waals surface area contributed by atoms with Gasteiger partial charge in [-0.1, -0.05) is 26.0 Å². The molecule has 0 atom stereocenters. The average Bonchev–Trinajstić information content (AvgIpc) is 2.84. The number of hydrogen-bond acceptors (Lipinski definition) is 4. The highest BCUT2D eigenvalue weighted by Crippen LogP contribution is 2.37. The third kappa shape index (κ3) is 2.81. The molecule has 122 valence electrons. The van der Waals surface area contributed by atoms with Gasteiger partial charge in [0.15, 0.2) is 0 Å². The molecule has 1 aromatic carbocycles. The second kappa shape index (κ2) is 5.68. The second-order valence-corrected chi connectivity index (χ2v) is 6.34. The molecule has 3 rings (SSSR count). The third-order valence-corrected chi connectivity index (χ3v) is 3.69. The molecular formula is C17H19FN2O3. The summed E-state index contributed by atoms with van der Waals surface area (Å²) >= 11 is 0. The summed E-state index contributed by atoms with van der Waals surface area (Å²) in [4.78, 5) is 12.4. The quantitative estimate of drug-likeness (QED) is 0.815. The second-order valence-electron chi connectivity index (χ2n) is 6.34. The maximum atomic E-state index is 14.2. The lowest BCUT2D eigenvalue weighted by molar-refractivity contribution is 0.0506. The maximum absolute atomic E-state index is 14.2. The summed E-state index contributed by atoms with van der Waals surface area (Å²) in [6.45, 7) is 7.09. The minimum atomic E-state index is -0.549. The molecule has 0 saturated carbocycles. The van der Waals surface area contributed by atoms with Crippen LogP contribution >= 0.6 is 0 Å². The van der Waals surface area contributed by atoms with E-state index in [1.807, 2.05) is 13.8 Å². The number of ether oxygens (including phenoxy) is 2. The van der Waals surface area contributed by atoms with E-state index in [9.17, 15) is 9.18 Å². The summed E-state index contributed by atoms with van der Waals surface area (Å²) < 4.78 is 26.7.